The SMILES string of the molecule is COc1ccc(-c2cc(CNC(=O)COc3cccnc3)ncn2)cc1. The number of benzene rings is 1. The molecule has 0 bridgehead atoms. The second-order valence-electron chi connectivity index (χ2n) is 5.38. The van der Waals surface area contributed by atoms with Crippen molar-refractivity contribution in [1.29, 1.82) is 0 Å². The van der Waals surface area contributed by atoms with Crippen LogP contribution in [0.4, 0.5) is 0 Å². The third-order valence-corrected chi connectivity index (χ3v) is 3.58. The fraction of sp³-hybridized carbons (Fsp3) is 0.158. The molecule has 0 saturated heterocycles. The van der Waals surface area contributed by atoms with Gasteiger partial charge in [0.25, 0.3) is 5.91 Å². The van der Waals surface area contributed by atoms with E-state index in [4.69, 9.17) is 9.47 Å². The molecule has 0 atom stereocenters. The molecule has 0 fully saturated rings. The lowest BCUT2D eigenvalue weighted by atomic mass is 10.1. The molecule has 2 heterocycles. The van der Waals surface area contributed by atoms with Crippen molar-refractivity contribution in [2.45, 2.75) is 6.54 Å². The van der Waals surface area contributed by atoms with Gasteiger partial charge in [-0.25, -0.2) is 9.97 Å². The van der Waals surface area contributed by atoms with Gasteiger partial charge in [0.1, 0.15) is 17.8 Å². The Labute approximate surface area is 151 Å². The molecule has 26 heavy (non-hydrogen) atoms. The summed E-state index contributed by atoms with van der Waals surface area (Å²) in [5.74, 6) is 1.09. The van der Waals surface area contributed by atoms with E-state index in [9.17, 15) is 4.79 Å². The zero-order valence-corrected chi connectivity index (χ0v) is 14.3. The van der Waals surface area contributed by atoms with Gasteiger partial charge in [-0.1, -0.05) is 0 Å². The minimum atomic E-state index is -0.238. The number of hydrogen-bond donors (Lipinski definition) is 1. The molecule has 1 aromatic carbocycles. The van der Waals surface area contributed by atoms with Crippen LogP contribution in [0.25, 0.3) is 11.3 Å². The molecule has 1 amide bonds. The topological polar surface area (TPSA) is 86.2 Å². The average molecular weight is 350 g/mol. The lowest BCUT2D eigenvalue weighted by molar-refractivity contribution is -0.123. The molecule has 3 aromatic rings. The maximum atomic E-state index is 11.9. The van der Waals surface area contributed by atoms with Crippen molar-refractivity contribution in [2.24, 2.45) is 0 Å². The highest BCUT2D eigenvalue weighted by Gasteiger charge is 2.06. The lowest BCUT2D eigenvalue weighted by Crippen LogP contribution is -2.28. The number of methoxy groups -OCH3 is 1. The van der Waals surface area contributed by atoms with Gasteiger partial charge >= 0.3 is 0 Å². The lowest BCUT2D eigenvalue weighted by Gasteiger charge is -2.08. The Hall–Kier alpha value is -3.48. The van der Waals surface area contributed by atoms with Crippen LogP contribution in [0, 0.1) is 0 Å². The molecule has 0 spiro atoms. The minimum Gasteiger partial charge on any atom is -0.497 e. The van der Waals surface area contributed by atoms with Gasteiger partial charge in [-0.2, -0.15) is 0 Å². The van der Waals surface area contributed by atoms with Crippen LogP contribution in [-0.2, 0) is 11.3 Å². The van der Waals surface area contributed by atoms with Crippen molar-refractivity contribution in [3.63, 3.8) is 0 Å². The summed E-state index contributed by atoms with van der Waals surface area (Å²) in [5, 5.41) is 2.77. The Kier molecular flexibility index (Phi) is 5.72. The Morgan fingerprint density at radius 1 is 1.12 bits per heavy atom. The third-order valence-electron chi connectivity index (χ3n) is 3.58. The van der Waals surface area contributed by atoms with Crippen LogP contribution >= 0.6 is 0 Å². The van der Waals surface area contributed by atoms with Gasteiger partial charge < -0.3 is 14.8 Å². The largest absolute Gasteiger partial charge is 0.497 e. The first-order valence-electron chi connectivity index (χ1n) is 7.99. The smallest absolute Gasteiger partial charge is 0.258 e. The zero-order chi connectivity index (χ0) is 18.2. The summed E-state index contributed by atoms with van der Waals surface area (Å²) < 4.78 is 10.5. The molecule has 0 aliphatic rings. The molecule has 0 saturated carbocycles. The number of aromatic nitrogens is 3. The second kappa shape index (κ2) is 8.57. The first-order valence-corrected chi connectivity index (χ1v) is 7.99. The summed E-state index contributed by atoms with van der Waals surface area (Å²) >= 11 is 0. The molecule has 3 rings (SSSR count). The van der Waals surface area contributed by atoms with Gasteiger partial charge in [-0.15, -0.1) is 0 Å². The van der Waals surface area contributed by atoms with Crippen LogP contribution in [-0.4, -0.2) is 34.6 Å². The maximum absolute atomic E-state index is 11.9. The number of amides is 1. The zero-order valence-electron chi connectivity index (χ0n) is 14.3. The summed E-state index contributed by atoms with van der Waals surface area (Å²) in [6.07, 6.45) is 4.68. The Morgan fingerprint density at radius 3 is 2.69 bits per heavy atom. The minimum absolute atomic E-state index is 0.0812. The summed E-state index contributed by atoms with van der Waals surface area (Å²) in [5.41, 5.74) is 2.43. The van der Waals surface area contributed by atoms with Gasteiger partial charge in [0.15, 0.2) is 6.61 Å². The third kappa shape index (κ3) is 4.76. The van der Waals surface area contributed by atoms with Gasteiger partial charge in [0.2, 0.25) is 0 Å². The first kappa shape index (κ1) is 17.3. The van der Waals surface area contributed by atoms with Gasteiger partial charge in [0, 0.05) is 11.8 Å². The van der Waals surface area contributed by atoms with Crippen molar-refractivity contribution in [3.8, 4) is 22.8 Å². The molecule has 0 unspecified atom stereocenters. The molecule has 2 aromatic heterocycles. The highest BCUT2D eigenvalue weighted by Crippen LogP contribution is 2.20. The van der Waals surface area contributed by atoms with Gasteiger partial charge in [-0.3, -0.25) is 9.78 Å². The van der Waals surface area contributed by atoms with E-state index >= 15 is 0 Å². The number of carbonyl (C=O) groups excluding carboxylic acids is 1. The fourth-order valence-electron chi connectivity index (χ4n) is 2.24. The Morgan fingerprint density at radius 2 is 1.96 bits per heavy atom. The molecule has 0 aliphatic heterocycles. The number of ether oxygens (including phenoxy) is 2. The highest BCUT2D eigenvalue weighted by atomic mass is 16.5. The quantitative estimate of drug-likeness (QED) is 0.703. The average Bonchev–Trinajstić information content (AvgIpc) is 2.72. The number of carbonyl (C=O) groups is 1. The monoisotopic (exact) mass is 350 g/mol. The van der Waals surface area contributed by atoms with Crippen LogP contribution in [0.5, 0.6) is 11.5 Å². The molecule has 7 nitrogen and oxygen atoms in total. The molecular formula is C19H18N4O3. The first-order chi connectivity index (χ1) is 12.7. The maximum Gasteiger partial charge on any atom is 0.258 e. The van der Waals surface area contributed by atoms with E-state index < -0.39 is 0 Å². The van der Waals surface area contributed by atoms with E-state index in [1.54, 1.807) is 31.6 Å². The summed E-state index contributed by atoms with van der Waals surface area (Å²) in [4.78, 5) is 24.3. The van der Waals surface area contributed by atoms with Crippen LogP contribution in [0.1, 0.15) is 5.69 Å². The number of nitrogens with one attached hydrogen (secondary N) is 1. The molecule has 132 valence electrons. The van der Waals surface area contributed by atoms with Crippen molar-refractivity contribution in [1.82, 2.24) is 20.3 Å². The van der Waals surface area contributed by atoms with E-state index in [1.807, 2.05) is 30.3 Å². The molecule has 0 aliphatic carbocycles. The molecule has 7 heteroatoms. The normalized spacial score (nSPS) is 10.2. The van der Waals surface area contributed by atoms with Crippen molar-refractivity contribution in [2.75, 3.05) is 13.7 Å². The van der Waals surface area contributed by atoms with E-state index in [2.05, 4.69) is 20.3 Å². The number of hydrogen-bond acceptors (Lipinski definition) is 6. The van der Waals surface area contributed by atoms with E-state index in [0.717, 1.165) is 17.0 Å². The van der Waals surface area contributed by atoms with Crippen LogP contribution in [0.3, 0.4) is 0 Å². The van der Waals surface area contributed by atoms with Crippen LogP contribution in [0.2, 0.25) is 0 Å². The second-order valence-corrected chi connectivity index (χ2v) is 5.38. The van der Waals surface area contributed by atoms with Gasteiger partial charge in [0.05, 0.1) is 31.2 Å². The predicted molar refractivity (Wildman–Crippen MR) is 95.6 cm³/mol. The summed E-state index contributed by atoms with van der Waals surface area (Å²) in [6, 6.07) is 12.9. The number of pyridine rings is 1. The van der Waals surface area contributed by atoms with E-state index in [1.165, 1.54) is 6.33 Å². The van der Waals surface area contributed by atoms with Gasteiger partial charge in [-0.05, 0) is 42.5 Å². The Balaban J connectivity index is 1.55. The molecule has 1 N–H and O–H groups in total. The van der Waals surface area contributed by atoms with Crippen molar-refractivity contribution >= 4 is 5.91 Å². The van der Waals surface area contributed by atoms with E-state index in [-0.39, 0.29) is 12.5 Å². The van der Waals surface area contributed by atoms with Crippen molar-refractivity contribution in [3.05, 3.63) is 66.9 Å². The van der Waals surface area contributed by atoms with Crippen molar-refractivity contribution < 1.29 is 14.3 Å². The predicted octanol–water partition coefficient (Wildman–Crippen LogP) is 2.24. The fourth-order valence-corrected chi connectivity index (χ4v) is 2.24. The highest BCUT2D eigenvalue weighted by molar-refractivity contribution is 5.77. The molecular weight excluding hydrogens is 332 g/mol. The summed E-state index contributed by atoms with van der Waals surface area (Å²) in [6.45, 7) is 0.211. The van der Waals surface area contributed by atoms with Crippen LogP contribution in [0.15, 0.2) is 61.2 Å². The molecule has 0 radical (unpaired) electrons. The van der Waals surface area contributed by atoms with Crippen LogP contribution < -0.4 is 14.8 Å². The van der Waals surface area contributed by atoms with E-state index in [0.29, 0.717) is 18.0 Å². The summed E-state index contributed by atoms with van der Waals surface area (Å²) in [7, 11) is 1.62. The standard InChI is InChI=1S/C19H18N4O3/c1-25-16-6-4-14(5-7-16)18-9-15(22-13-23-18)10-21-19(24)12-26-17-3-2-8-20-11-17/h2-9,11,13H,10,12H2,1H3,(H,21,24). The number of nitrogens with zero attached hydrogens (tertiary/aromatic N) is 3. The number of rotatable bonds is 7. The Bertz CT molecular complexity index is 854.